The van der Waals surface area contributed by atoms with E-state index in [1.54, 1.807) is 37.3 Å². The maximum atomic E-state index is 12.5. The lowest BCUT2D eigenvalue weighted by atomic mass is 10.2. The summed E-state index contributed by atoms with van der Waals surface area (Å²) >= 11 is 12.0. The third-order valence-corrected chi connectivity index (χ3v) is 4.37. The van der Waals surface area contributed by atoms with Crippen LogP contribution in [0.15, 0.2) is 57.9 Å². The standard InChI is InChI=1S/C17H13Cl2N3O3/c1-10(17(24)20-13-5-2-4-11(18)16(13)19)22-15(23)8-7-12(21-22)14-6-3-9-25-14/h2-10H,1H3,(H,20,24). The molecule has 3 rings (SSSR count). The molecule has 2 aromatic heterocycles. The van der Waals surface area contributed by atoms with E-state index in [-0.39, 0.29) is 5.02 Å². The second kappa shape index (κ2) is 7.13. The fourth-order valence-electron chi connectivity index (χ4n) is 2.21. The van der Waals surface area contributed by atoms with Gasteiger partial charge in [0.1, 0.15) is 11.7 Å². The van der Waals surface area contributed by atoms with Gasteiger partial charge in [-0.15, -0.1) is 0 Å². The number of nitrogens with one attached hydrogen (secondary N) is 1. The van der Waals surface area contributed by atoms with E-state index in [4.69, 9.17) is 27.6 Å². The third-order valence-electron chi connectivity index (χ3n) is 3.55. The Bertz CT molecular complexity index is 968. The second-order valence-electron chi connectivity index (χ2n) is 5.25. The number of benzene rings is 1. The molecular formula is C17H13Cl2N3O3. The normalized spacial score (nSPS) is 12.0. The quantitative estimate of drug-likeness (QED) is 0.744. The Hall–Kier alpha value is -2.57. The van der Waals surface area contributed by atoms with Crippen molar-refractivity contribution in [2.24, 2.45) is 0 Å². The molecule has 3 aromatic rings. The number of halogens is 2. The lowest BCUT2D eigenvalue weighted by molar-refractivity contribution is -0.119. The van der Waals surface area contributed by atoms with Crippen molar-refractivity contribution in [3.63, 3.8) is 0 Å². The van der Waals surface area contributed by atoms with Gasteiger partial charge in [-0.05, 0) is 37.3 Å². The van der Waals surface area contributed by atoms with Crippen LogP contribution in [0.25, 0.3) is 11.5 Å². The van der Waals surface area contributed by atoms with Crippen molar-refractivity contribution in [2.45, 2.75) is 13.0 Å². The highest BCUT2D eigenvalue weighted by Gasteiger charge is 2.20. The van der Waals surface area contributed by atoms with Crippen LogP contribution in [0.3, 0.4) is 0 Å². The van der Waals surface area contributed by atoms with Gasteiger partial charge in [0.25, 0.3) is 5.56 Å². The van der Waals surface area contributed by atoms with E-state index in [1.165, 1.54) is 18.4 Å². The summed E-state index contributed by atoms with van der Waals surface area (Å²) in [5.74, 6) is 0.0506. The average Bonchev–Trinajstić information content (AvgIpc) is 3.13. The van der Waals surface area contributed by atoms with Crippen LogP contribution in [0.2, 0.25) is 10.0 Å². The van der Waals surface area contributed by atoms with Crippen LogP contribution >= 0.6 is 23.2 Å². The van der Waals surface area contributed by atoms with Crippen LogP contribution in [-0.2, 0) is 4.79 Å². The monoisotopic (exact) mass is 377 g/mol. The maximum Gasteiger partial charge on any atom is 0.267 e. The lowest BCUT2D eigenvalue weighted by Crippen LogP contribution is -2.33. The molecular weight excluding hydrogens is 365 g/mol. The number of carbonyl (C=O) groups is 1. The predicted molar refractivity (Wildman–Crippen MR) is 96.0 cm³/mol. The van der Waals surface area contributed by atoms with Crippen molar-refractivity contribution in [1.29, 1.82) is 0 Å². The summed E-state index contributed by atoms with van der Waals surface area (Å²) < 4.78 is 6.36. The summed E-state index contributed by atoms with van der Waals surface area (Å²) in [4.78, 5) is 24.6. The summed E-state index contributed by atoms with van der Waals surface area (Å²) in [5.41, 5.74) is 0.404. The summed E-state index contributed by atoms with van der Waals surface area (Å²) in [7, 11) is 0. The fourth-order valence-corrected chi connectivity index (χ4v) is 2.55. The van der Waals surface area contributed by atoms with Crippen molar-refractivity contribution >= 4 is 34.8 Å². The first-order valence-electron chi connectivity index (χ1n) is 7.36. The molecule has 25 heavy (non-hydrogen) atoms. The highest BCUT2D eigenvalue weighted by atomic mass is 35.5. The van der Waals surface area contributed by atoms with E-state index in [1.807, 2.05) is 0 Å². The number of nitrogens with zero attached hydrogens (tertiary/aromatic N) is 2. The van der Waals surface area contributed by atoms with Gasteiger partial charge in [-0.25, -0.2) is 4.68 Å². The number of carbonyl (C=O) groups excluding carboxylic acids is 1. The van der Waals surface area contributed by atoms with Crippen molar-refractivity contribution < 1.29 is 9.21 Å². The van der Waals surface area contributed by atoms with Crippen molar-refractivity contribution in [3.8, 4) is 11.5 Å². The zero-order valence-corrected chi connectivity index (χ0v) is 14.6. The Morgan fingerprint density at radius 2 is 2.00 bits per heavy atom. The second-order valence-corrected chi connectivity index (χ2v) is 6.03. The van der Waals surface area contributed by atoms with Crippen LogP contribution in [-0.4, -0.2) is 15.7 Å². The SMILES string of the molecule is CC(C(=O)Nc1cccc(Cl)c1Cl)n1nc(-c2ccco2)ccc1=O. The smallest absolute Gasteiger partial charge is 0.267 e. The van der Waals surface area contributed by atoms with Crippen molar-refractivity contribution in [3.05, 3.63) is 69.1 Å². The molecule has 1 aromatic carbocycles. The van der Waals surface area contributed by atoms with Gasteiger partial charge in [-0.2, -0.15) is 5.10 Å². The zero-order valence-electron chi connectivity index (χ0n) is 13.1. The Morgan fingerprint density at radius 1 is 1.20 bits per heavy atom. The maximum absolute atomic E-state index is 12.5. The molecule has 128 valence electrons. The molecule has 1 amide bonds. The molecule has 0 aliphatic rings. The summed E-state index contributed by atoms with van der Waals surface area (Å²) in [6, 6.07) is 10.3. The minimum Gasteiger partial charge on any atom is -0.463 e. The van der Waals surface area contributed by atoms with Crippen molar-refractivity contribution in [2.75, 3.05) is 5.32 Å². The van der Waals surface area contributed by atoms with Gasteiger partial charge in [0.15, 0.2) is 5.76 Å². The highest BCUT2D eigenvalue weighted by molar-refractivity contribution is 6.44. The van der Waals surface area contributed by atoms with Gasteiger partial charge in [-0.1, -0.05) is 29.3 Å². The Balaban J connectivity index is 1.88. The van der Waals surface area contributed by atoms with Crippen molar-refractivity contribution in [1.82, 2.24) is 9.78 Å². The van der Waals surface area contributed by atoms with E-state index >= 15 is 0 Å². The largest absolute Gasteiger partial charge is 0.463 e. The zero-order chi connectivity index (χ0) is 18.0. The van der Waals surface area contributed by atoms with Crippen LogP contribution < -0.4 is 10.9 Å². The van der Waals surface area contributed by atoms with E-state index in [0.717, 1.165) is 4.68 Å². The third kappa shape index (κ3) is 3.60. The molecule has 1 unspecified atom stereocenters. The number of hydrogen-bond donors (Lipinski definition) is 1. The van der Waals surface area contributed by atoms with Gasteiger partial charge >= 0.3 is 0 Å². The molecule has 0 spiro atoms. The summed E-state index contributed by atoms with van der Waals surface area (Å²) in [6.07, 6.45) is 1.50. The average molecular weight is 378 g/mol. The van der Waals surface area contributed by atoms with Gasteiger partial charge in [0.2, 0.25) is 5.91 Å². The van der Waals surface area contributed by atoms with Gasteiger partial charge in [0.05, 0.1) is 22.0 Å². The molecule has 0 radical (unpaired) electrons. The Labute approximate surface area is 153 Å². The first-order valence-corrected chi connectivity index (χ1v) is 8.11. The molecule has 0 aliphatic heterocycles. The first kappa shape index (κ1) is 17.3. The molecule has 0 saturated carbocycles. The van der Waals surface area contributed by atoms with Gasteiger partial charge in [0, 0.05) is 6.07 Å². The van der Waals surface area contributed by atoms with Crippen LogP contribution in [0.5, 0.6) is 0 Å². The molecule has 0 aliphatic carbocycles. The van der Waals surface area contributed by atoms with E-state index in [9.17, 15) is 9.59 Å². The van der Waals surface area contributed by atoms with Gasteiger partial charge < -0.3 is 9.73 Å². The van der Waals surface area contributed by atoms with Gasteiger partial charge in [-0.3, -0.25) is 9.59 Å². The van der Waals surface area contributed by atoms with Crippen LogP contribution in [0, 0.1) is 0 Å². The fraction of sp³-hybridized carbons (Fsp3) is 0.118. The van der Waals surface area contributed by atoms with E-state index < -0.39 is 17.5 Å². The number of amides is 1. The Morgan fingerprint density at radius 3 is 2.72 bits per heavy atom. The molecule has 0 bridgehead atoms. The first-order chi connectivity index (χ1) is 12.0. The van der Waals surface area contributed by atoms with E-state index in [2.05, 4.69) is 10.4 Å². The molecule has 6 nitrogen and oxygen atoms in total. The van der Waals surface area contributed by atoms with E-state index in [0.29, 0.717) is 22.2 Å². The lowest BCUT2D eigenvalue weighted by Gasteiger charge is -2.15. The number of furan rings is 1. The number of anilines is 1. The highest BCUT2D eigenvalue weighted by Crippen LogP contribution is 2.30. The molecule has 1 atom stereocenters. The molecule has 0 fully saturated rings. The topological polar surface area (TPSA) is 77.1 Å². The Kier molecular flexibility index (Phi) is 4.92. The molecule has 8 heteroatoms. The molecule has 2 heterocycles. The molecule has 0 saturated heterocycles. The van der Waals surface area contributed by atoms with Crippen LogP contribution in [0.1, 0.15) is 13.0 Å². The number of rotatable bonds is 4. The minimum atomic E-state index is -0.863. The van der Waals surface area contributed by atoms with Crippen LogP contribution in [0.4, 0.5) is 5.69 Å². The predicted octanol–water partition coefficient (Wildman–Crippen LogP) is 4.01. The summed E-state index contributed by atoms with van der Waals surface area (Å²) in [5, 5.41) is 7.41. The number of hydrogen-bond acceptors (Lipinski definition) is 4. The minimum absolute atomic E-state index is 0.231. The summed E-state index contributed by atoms with van der Waals surface area (Å²) in [6.45, 7) is 1.56. The number of aromatic nitrogens is 2. The molecule has 1 N–H and O–H groups in total.